The molecule has 3 nitrogen and oxygen atoms in total. The van der Waals surface area contributed by atoms with E-state index in [-0.39, 0.29) is 10.7 Å². The second kappa shape index (κ2) is 6.34. The Balaban J connectivity index is 2.01. The van der Waals surface area contributed by atoms with E-state index in [2.05, 4.69) is 23.4 Å². The van der Waals surface area contributed by atoms with Gasteiger partial charge in [-0.2, -0.15) is 11.8 Å². The van der Waals surface area contributed by atoms with Crippen molar-refractivity contribution in [3.05, 3.63) is 34.9 Å². The SMILES string of the molecule is CSC1(CNC(=O)c2ccc(C#CCN)c(C)c2)CC1. The molecule has 1 aromatic carbocycles. The highest BCUT2D eigenvalue weighted by Crippen LogP contribution is 2.46. The van der Waals surface area contributed by atoms with E-state index in [1.807, 2.05) is 36.9 Å². The van der Waals surface area contributed by atoms with Gasteiger partial charge in [-0.25, -0.2) is 0 Å². The van der Waals surface area contributed by atoms with Crippen molar-refractivity contribution < 1.29 is 4.79 Å². The quantitative estimate of drug-likeness (QED) is 0.832. The summed E-state index contributed by atoms with van der Waals surface area (Å²) in [4.78, 5) is 12.1. The number of hydrogen-bond donors (Lipinski definition) is 2. The molecule has 0 radical (unpaired) electrons. The molecule has 20 heavy (non-hydrogen) atoms. The number of nitrogens with one attached hydrogen (secondary N) is 1. The highest BCUT2D eigenvalue weighted by molar-refractivity contribution is 8.00. The van der Waals surface area contributed by atoms with Crippen LogP contribution in [0, 0.1) is 18.8 Å². The van der Waals surface area contributed by atoms with E-state index in [1.165, 1.54) is 12.8 Å². The van der Waals surface area contributed by atoms with Crippen LogP contribution in [0.5, 0.6) is 0 Å². The Morgan fingerprint density at radius 3 is 2.80 bits per heavy atom. The van der Waals surface area contributed by atoms with Crippen molar-refractivity contribution in [1.82, 2.24) is 5.32 Å². The van der Waals surface area contributed by atoms with Gasteiger partial charge in [0, 0.05) is 22.4 Å². The highest BCUT2D eigenvalue weighted by atomic mass is 32.2. The minimum Gasteiger partial charge on any atom is -0.351 e. The summed E-state index contributed by atoms with van der Waals surface area (Å²) in [5.41, 5.74) is 7.99. The number of amides is 1. The summed E-state index contributed by atoms with van der Waals surface area (Å²) in [6.07, 6.45) is 4.50. The van der Waals surface area contributed by atoms with Crippen LogP contribution in [0.2, 0.25) is 0 Å². The molecular weight excluding hydrogens is 268 g/mol. The van der Waals surface area contributed by atoms with Gasteiger partial charge < -0.3 is 11.1 Å². The summed E-state index contributed by atoms with van der Waals surface area (Å²) in [6.45, 7) is 3.06. The van der Waals surface area contributed by atoms with Gasteiger partial charge in [0.15, 0.2) is 0 Å². The molecule has 0 aromatic heterocycles. The normalized spacial score (nSPS) is 15.2. The van der Waals surface area contributed by atoms with Crippen molar-refractivity contribution in [2.45, 2.75) is 24.5 Å². The second-order valence-corrected chi connectivity index (χ2v) is 6.38. The third kappa shape index (κ3) is 3.56. The molecule has 0 aliphatic heterocycles. The first-order chi connectivity index (χ1) is 9.60. The summed E-state index contributed by atoms with van der Waals surface area (Å²) in [5.74, 6) is 5.83. The van der Waals surface area contributed by atoms with Crippen LogP contribution in [-0.4, -0.2) is 30.0 Å². The number of benzene rings is 1. The largest absolute Gasteiger partial charge is 0.351 e. The van der Waals surface area contributed by atoms with Gasteiger partial charge >= 0.3 is 0 Å². The van der Waals surface area contributed by atoms with Crippen LogP contribution >= 0.6 is 11.8 Å². The van der Waals surface area contributed by atoms with E-state index in [0.29, 0.717) is 12.1 Å². The molecule has 1 aliphatic carbocycles. The van der Waals surface area contributed by atoms with Crippen LogP contribution in [0.25, 0.3) is 0 Å². The fourth-order valence-corrected chi connectivity index (χ4v) is 2.75. The first kappa shape index (κ1) is 15.0. The number of thioether (sulfide) groups is 1. The molecule has 0 spiro atoms. The van der Waals surface area contributed by atoms with E-state index in [9.17, 15) is 4.79 Å². The molecule has 0 saturated heterocycles. The van der Waals surface area contributed by atoms with Crippen molar-refractivity contribution in [1.29, 1.82) is 0 Å². The smallest absolute Gasteiger partial charge is 0.251 e. The first-order valence-electron chi connectivity index (χ1n) is 6.73. The van der Waals surface area contributed by atoms with Gasteiger partial charge in [-0.3, -0.25) is 4.79 Å². The predicted octanol–water partition coefficient (Wildman–Crippen LogP) is 1.93. The van der Waals surface area contributed by atoms with E-state index < -0.39 is 0 Å². The predicted molar refractivity (Wildman–Crippen MR) is 84.9 cm³/mol. The van der Waals surface area contributed by atoms with Gasteiger partial charge in [-0.15, -0.1) is 0 Å². The van der Waals surface area contributed by atoms with Crippen LogP contribution in [0.15, 0.2) is 18.2 Å². The molecular formula is C16H20N2OS. The molecule has 0 heterocycles. The zero-order valence-corrected chi connectivity index (χ0v) is 12.8. The fourth-order valence-electron chi connectivity index (χ4n) is 2.03. The number of carbonyl (C=O) groups is 1. The molecule has 1 saturated carbocycles. The number of rotatable bonds is 4. The molecule has 1 aromatic rings. The lowest BCUT2D eigenvalue weighted by Crippen LogP contribution is -2.31. The highest BCUT2D eigenvalue weighted by Gasteiger charge is 2.41. The minimum atomic E-state index is -0.00763. The van der Waals surface area contributed by atoms with E-state index in [0.717, 1.165) is 17.7 Å². The van der Waals surface area contributed by atoms with Crippen LogP contribution < -0.4 is 11.1 Å². The number of nitrogens with two attached hydrogens (primary N) is 1. The van der Waals surface area contributed by atoms with E-state index >= 15 is 0 Å². The topological polar surface area (TPSA) is 55.1 Å². The molecule has 2 rings (SSSR count). The standard InChI is InChI=1S/C16H20N2OS/c1-12-10-14(6-5-13(12)4-3-9-17)15(19)18-11-16(20-2)7-8-16/h5-6,10H,7-9,11,17H2,1-2H3,(H,18,19). The van der Waals surface area contributed by atoms with Crippen LogP contribution in [-0.2, 0) is 0 Å². The summed E-state index contributed by atoms with van der Waals surface area (Å²) in [7, 11) is 0. The maximum atomic E-state index is 12.1. The van der Waals surface area contributed by atoms with Gasteiger partial charge in [0.25, 0.3) is 5.91 Å². The lowest BCUT2D eigenvalue weighted by Gasteiger charge is -2.13. The molecule has 0 unspecified atom stereocenters. The number of hydrogen-bond acceptors (Lipinski definition) is 3. The minimum absolute atomic E-state index is 0.00763. The third-order valence-corrected chi connectivity index (χ3v) is 5.04. The molecule has 1 amide bonds. The van der Waals surface area contributed by atoms with Gasteiger partial charge in [-0.05, 0) is 49.8 Å². The Labute approximate surface area is 124 Å². The lowest BCUT2D eigenvalue weighted by atomic mass is 10.0. The van der Waals surface area contributed by atoms with Crippen molar-refractivity contribution >= 4 is 17.7 Å². The van der Waals surface area contributed by atoms with Crippen molar-refractivity contribution in [3.8, 4) is 11.8 Å². The van der Waals surface area contributed by atoms with Gasteiger partial charge in [0.1, 0.15) is 0 Å². The lowest BCUT2D eigenvalue weighted by molar-refractivity contribution is 0.0953. The Kier molecular flexibility index (Phi) is 4.74. The Hall–Kier alpha value is -1.44. The average molecular weight is 288 g/mol. The summed E-state index contributed by atoms with van der Waals surface area (Å²) in [5, 5.41) is 3.03. The van der Waals surface area contributed by atoms with E-state index in [1.54, 1.807) is 0 Å². The van der Waals surface area contributed by atoms with E-state index in [4.69, 9.17) is 5.73 Å². The van der Waals surface area contributed by atoms with Crippen LogP contribution in [0.3, 0.4) is 0 Å². The zero-order valence-electron chi connectivity index (χ0n) is 12.0. The van der Waals surface area contributed by atoms with Crippen molar-refractivity contribution in [2.75, 3.05) is 19.3 Å². The third-order valence-electron chi connectivity index (χ3n) is 3.63. The maximum Gasteiger partial charge on any atom is 0.251 e. The molecule has 0 bridgehead atoms. The number of carbonyl (C=O) groups excluding carboxylic acids is 1. The van der Waals surface area contributed by atoms with Crippen molar-refractivity contribution in [2.24, 2.45) is 5.73 Å². The Morgan fingerprint density at radius 1 is 1.50 bits per heavy atom. The molecule has 0 atom stereocenters. The monoisotopic (exact) mass is 288 g/mol. The van der Waals surface area contributed by atoms with Crippen LogP contribution in [0.4, 0.5) is 0 Å². The van der Waals surface area contributed by atoms with Crippen LogP contribution in [0.1, 0.15) is 34.3 Å². The summed E-state index contributed by atoms with van der Waals surface area (Å²) in [6, 6.07) is 5.59. The van der Waals surface area contributed by atoms with Gasteiger partial charge in [0.05, 0.1) is 6.54 Å². The maximum absolute atomic E-state index is 12.1. The van der Waals surface area contributed by atoms with Gasteiger partial charge in [0.2, 0.25) is 0 Å². The second-order valence-electron chi connectivity index (χ2n) is 5.11. The first-order valence-corrected chi connectivity index (χ1v) is 7.96. The molecule has 106 valence electrons. The molecule has 1 fully saturated rings. The Morgan fingerprint density at radius 2 is 2.25 bits per heavy atom. The average Bonchev–Trinajstić information content (AvgIpc) is 3.24. The zero-order chi connectivity index (χ0) is 14.6. The summed E-state index contributed by atoms with van der Waals surface area (Å²) < 4.78 is 0.289. The Bertz CT molecular complexity index is 568. The fraction of sp³-hybridized carbons (Fsp3) is 0.438. The van der Waals surface area contributed by atoms with Crippen molar-refractivity contribution in [3.63, 3.8) is 0 Å². The van der Waals surface area contributed by atoms with Gasteiger partial charge in [-0.1, -0.05) is 11.8 Å². The number of aryl methyl sites for hydroxylation is 1. The summed E-state index contributed by atoms with van der Waals surface area (Å²) >= 11 is 1.85. The molecule has 4 heteroatoms. The molecule has 1 aliphatic rings. The molecule has 3 N–H and O–H groups in total.